The Kier molecular flexibility index (Phi) is 3.71. The van der Waals surface area contributed by atoms with Crippen LogP contribution in [0.25, 0.3) is 0 Å². The first kappa shape index (κ1) is 14.1. The van der Waals surface area contributed by atoms with E-state index in [1.165, 1.54) is 5.56 Å². The van der Waals surface area contributed by atoms with E-state index < -0.39 is 0 Å². The van der Waals surface area contributed by atoms with Gasteiger partial charge in [0.05, 0.1) is 10.6 Å². The lowest BCUT2D eigenvalue weighted by Crippen LogP contribution is -2.31. The Balaban J connectivity index is 1.93. The van der Waals surface area contributed by atoms with Crippen LogP contribution in [-0.2, 0) is 13.0 Å². The van der Waals surface area contributed by atoms with Crippen molar-refractivity contribution in [1.82, 2.24) is 0 Å². The predicted molar refractivity (Wildman–Crippen MR) is 91.4 cm³/mol. The smallest absolute Gasteiger partial charge is 0.270 e. The SMILES string of the molecule is Nc1cccc2c1CN(c1ccc([N+](=O)[O-])cc1I)CC2. The Morgan fingerprint density at radius 2 is 2.10 bits per heavy atom. The van der Waals surface area contributed by atoms with Crippen molar-refractivity contribution in [3.63, 3.8) is 0 Å². The molecule has 1 heterocycles. The minimum Gasteiger partial charge on any atom is -0.398 e. The molecule has 0 atom stereocenters. The number of nitro groups is 1. The summed E-state index contributed by atoms with van der Waals surface area (Å²) in [5.41, 5.74) is 10.5. The van der Waals surface area contributed by atoms with Gasteiger partial charge in [-0.15, -0.1) is 0 Å². The van der Waals surface area contributed by atoms with Crippen molar-refractivity contribution in [3.05, 3.63) is 61.2 Å². The molecule has 0 saturated carbocycles. The fourth-order valence-corrected chi connectivity index (χ4v) is 3.52. The quantitative estimate of drug-likeness (QED) is 0.367. The largest absolute Gasteiger partial charge is 0.398 e. The molecule has 0 aromatic heterocycles. The maximum absolute atomic E-state index is 10.8. The molecular weight excluding hydrogens is 381 g/mol. The molecule has 0 aliphatic carbocycles. The number of halogens is 1. The van der Waals surface area contributed by atoms with Crippen molar-refractivity contribution in [1.29, 1.82) is 0 Å². The lowest BCUT2D eigenvalue weighted by Gasteiger charge is -2.32. The summed E-state index contributed by atoms with van der Waals surface area (Å²) in [7, 11) is 0. The Bertz CT molecular complexity index is 718. The summed E-state index contributed by atoms with van der Waals surface area (Å²) in [5, 5.41) is 10.8. The molecule has 0 bridgehead atoms. The molecule has 5 nitrogen and oxygen atoms in total. The van der Waals surface area contributed by atoms with Crippen molar-refractivity contribution in [2.24, 2.45) is 0 Å². The number of fused-ring (bicyclic) bond motifs is 1. The van der Waals surface area contributed by atoms with Gasteiger partial charge in [-0.25, -0.2) is 0 Å². The van der Waals surface area contributed by atoms with Gasteiger partial charge in [-0.05, 0) is 52.3 Å². The number of nitrogen functional groups attached to an aromatic ring is 1. The summed E-state index contributed by atoms with van der Waals surface area (Å²) >= 11 is 2.15. The standard InChI is InChI=1S/C15H14IN3O2/c16-13-8-11(19(20)21)4-5-15(13)18-7-6-10-2-1-3-14(17)12(10)9-18/h1-5,8H,6-7,9,17H2. The van der Waals surface area contributed by atoms with Gasteiger partial charge in [-0.3, -0.25) is 10.1 Å². The summed E-state index contributed by atoms with van der Waals surface area (Å²) in [6, 6.07) is 11.0. The van der Waals surface area contributed by atoms with Crippen LogP contribution in [-0.4, -0.2) is 11.5 Å². The van der Waals surface area contributed by atoms with Crippen LogP contribution in [0.15, 0.2) is 36.4 Å². The van der Waals surface area contributed by atoms with Gasteiger partial charge in [0.25, 0.3) is 5.69 Å². The van der Waals surface area contributed by atoms with E-state index in [1.807, 2.05) is 18.2 Å². The lowest BCUT2D eigenvalue weighted by atomic mass is 9.98. The van der Waals surface area contributed by atoms with E-state index in [0.717, 1.165) is 40.0 Å². The van der Waals surface area contributed by atoms with Crippen LogP contribution in [0, 0.1) is 13.7 Å². The maximum atomic E-state index is 10.8. The molecule has 108 valence electrons. The van der Waals surface area contributed by atoms with Crippen LogP contribution in [0.5, 0.6) is 0 Å². The van der Waals surface area contributed by atoms with Gasteiger partial charge in [0, 0.05) is 34.5 Å². The number of hydrogen-bond acceptors (Lipinski definition) is 4. The highest BCUT2D eigenvalue weighted by Gasteiger charge is 2.21. The second kappa shape index (κ2) is 5.51. The molecule has 3 rings (SSSR count). The molecule has 0 spiro atoms. The normalized spacial score (nSPS) is 13.9. The fraction of sp³-hybridized carbons (Fsp3) is 0.200. The molecule has 0 unspecified atom stereocenters. The highest BCUT2D eigenvalue weighted by atomic mass is 127. The van der Waals surface area contributed by atoms with Crippen LogP contribution in [0.1, 0.15) is 11.1 Å². The summed E-state index contributed by atoms with van der Waals surface area (Å²) in [6.45, 7) is 1.64. The minimum atomic E-state index is -0.366. The highest BCUT2D eigenvalue weighted by molar-refractivity contribution is 14.1. The topological polar surface area (TPSA) is 72.4 Å². The molecule has 0 fully saturated rings. The monoisotopic (exact) mass is 395 g/mol. The van der Waals surface area contributed by atoms with E-state index in [0.29, 0.717) is 0 Å². The number of hydrogen-bond donors (Lipinski definition) is 1. The van der Waals surface area contributed by atoms with Gasteiger partial charge in [-0.2, -0.15) is 0 Å². The molecule has 6 heteroatoms. The second-order valence-corrected chi connectivity index (χ2v) is 6.21. The number of nitrogens with zero attached hydrogens (tertiary/aromatic N) is 2. The molecule has 1 aliphatic heterocycles. The molecule has 2 N–H and O–H groups in total. The van der Waals surface area contributed by atoms with Crippen LogP contribution < -0.4 is 10.6 Å². The fourth-order valence-electron chi connectivity index (χ4n) is 2.68. The Labute approximate surface area is 136 Å². The maximum Gasteiger partial charge on any atom is 0.270 e. The minimum absolute atomic E-state index is 0.125. The van der Waals surface area contributed by atoms with Gasteiger partial charge in [-0.1, -0.05) is 12.1 Å². The van der Waals surface area contributed by atoms with E-state index in [-0.39, 0.29) is 10.6 Å². The van der Waals surface area contributed by atoms with Crippen molar-refractivity contribution in [3.8, 4) is 0 Å². The molecule has 21 heavy (non-hydrogen) atoms. The van der Waals surface area contributed by atoms with E-state index >= 15 is 0 Å². The van der Waals surface area contributed by atoms with Crippen molar-refractivity contribution in [2.45, 2.75) is 13.0 Å². The average Bonchev–Trinajstić information content (AvgIpc) is 2.47. The third-order valence-corrected chi connectivity index (χ3v) is 4.66. The molecular formula is C15H14IN3O2. The highest BCUT2D eigenvalue weighted by Crippen LogP contribution is 2.32. The zero-order chi connectivity index (χ0) is 15.0. The second-order valence-electron chi connectivity index (χ2n) is 5.05. The molecule has 2 aromatic carbocycles. The zero-order valence-corrected chi connectivity index (χ0v) is 13.4. The summed E-state index contributed by atoms with van der Waals surface area (Å²) < 4.78 is 0.889. The van der Waals surface area contributed by atoms with Crippen LogP contribution in [0.4, 0.5) is 17.1 Å². The summed E-state index contributed by atoms with van der Waals surface area (Å²) in [4.78, 5) is 12.7. The summed E-state index contributed by atoms with van der Waals surface area (Å²) in [6.07, 6.45) is 0.938. The summed E-state index contributed by atoms with van der Waals surface area (Å²) in [5.74, 6) is 0. The Morgan fingerprint density at radius 3 is 2.81 bits per heavy atom. The molecule has 0 saturated heterocycles. The third-order valence-electron chi connectivity index (χ3n) is 3.79. The van der Waals surface area contributed by atoms with Crippen LogP contribution >= 0.6 is 22.6 Å². The van der Waals surface area contributed by atoms with Gasteiger partial charge < -0.3 is 10.6 Å². The number of benzene rings is 2. The van der Waals surface area contributed by atoms with E-state index in [2.05, 4.69) is 33.6 Å². The van der Waals surface area contributed by atoms with Crippen molar-refractivity contribution < 1.29 is 4.92 Å². The van der Waals surface area contributed by atoms with Crippen molar-refractivity contribution in [2.75, 3.05) is 17.2 Å². The molecule has 0 radical (unpaired) electrons. The van der Waals surface area contributed by atoms with E-state index in [9.17, 15) is 10.1 Å². The van der Waals surface area contributed by atoms with E-state index in [4.69, 9.17) is 5.73 Å². The first-order chi connectivity index (χ1) is 10.1. The zero-order valence-electron chi connectivity index (χ0n) is 11.3. The number of anilines is 2. The van der Waals surface area contributed by atoms with Crippen LogP contribution in [0.3, 0.4) is 0 Å². The first-order valence-corrected chi connectivity index (χ1v) is 7.69. The van der Waals surface area contributed by atoms with Crippen molar-refractivity contribution >= 4 is 39.7 Å². The number of non-ortho nitro benzene ring substituents is 1. The van der Waals surface area contributed by atoms with Gasteiger partial charge >= 0.3 is 0 Å². The van der Waals surface area contributed by atoms with Crippen LogP contribution in [0.2, 0.25) is 0 Å². The Morgan fingerprint density at radius 1 is 1.29 bits per heavy atom. The lowest BCUT2D eigenvalue weighted by molar-refractivity contribution is -0.384. The first-order valence-electron chi connectivity index (χ1n) is 6.61. The van der Waals surface area contributed by atoms with Gasteiger partial charge in [0.2, 0.25) is 0 Å². The molecule has 2 aromatic rings. The molecule has 0 amide bonds. The Hall–Kier alpha value is -1.83. The van der Waals surface area contributed by atoms with Gasteiger partial charge in [0.15, 0.2) is 0 Å². The van der Waals surface area contributed by atoms with Gasteiger partial charge in [0.1, 0.15) is 0 Å². The third kappa shape index (κ3) is 2.67. The predicted octanol–water partition coefficient (Wildman–Crippen LogP) is 3.34. The average molecular weight is 395 g/mol. The van der Waals surface area contributed by atoms with E-state index in [1.54, 1.807) is 12.1 Å². The number of nitro benzene ring substituents is 1. The molecule has 1 aliphatic rings. The number of nitrogens with two attached hydrogens (primary N) is 1. The number of rotatable bonds is 2.